The summed E-state index contributed by atoms with van der Waals surface area (Å²) in [5, 5.41) is 13.2. The van der Waals surface area contributed by atoms with Crippen LogP contribution in [-0.2, 0) is 14.9 Å². The van der Waals surface area contributed by atoms with Gasteiger partial charge in [0.2, 0.25) is 5.91 Å². The number of allylic oxidation sites excluding steroid dienone is 5. The Morgan fingerprint density at radius 2 is 1.02 bits per heavy atom. The van der Waals surface area contributed by atoms with Gasteiger partial charge in [-0.1, -0.05) is 166 Å². The summed E-state index contributed by atoms with van der Waals surface area (Å²) in [4.78, 5) is 12.4. The largest absolute Gasteiger partial charge is 0.387 e. The van der Waals surface area contributed by atoms with Gasteiger partial charge in [0.25, 0.3) is 10.1 Å². The maximum atomic E-state index is 12.4. The standard InChI is InChI=1S/C38H71NO5S/c1-3-5-7-9-11-13-15-17-19-20-21-23-25-27-29-31-33-37(40)36(35-45(42,43)44)39-38(41)34-32-30-28-26-24-22-18-16-14-12-10-8-6-4-2/h10,12,16,18,31,33,36-37,40H,3-9,11,13-15,17,19-30,32,34-35H2,1-2H3,(H,39,41)(H,42,43,44)/b12-10-,18-16-,33-31+. The number of carbonyl (C=O) groups excluding carboxylic acids is 1. The normalized spacial score (nSPS) is 13.8. The van der Waals surface area contributed by atoms with Gasteiger partial charge in [0.1, 0.15) is 0 Å². The second-order valence-electron chi connectivity index (χ2n) is 12.9. The molecule has 45 heavy (non-hydrogen) atoms. The van der Waals surface area contributed by atoms with Crippen LogP contribution >= 0.6 is 0 Å². The predicted octanol–water partition coefficient (Wildman–Crippen LogP) is 10.6. The number of hydrogen-bond donors (Lipinski definition) is 3. The molecule has 1 amide bonds. The monoisotopic (exact) mass is 654 g/mol. The fraction of sp³-hybridized carbons (Fsp3) is 0.816. The fourth-order valence-electron chi connectivity index (χ4n) is 5.46. The molecule has 2 unspecified atom stereocenters. The van der Waals surface area contributed by atoms with E-state index in [1.165, 1.54) is 96.3 Å². The molecule has 0 aromatic carbocycles. The van der Waals surface area contributed by atoms with Gasteiger partial charge in [-0.05, 0) is 44.9 Å². The Balaban J connectivity index is 4.00. The molecule has 0 aliphatic rings. The van der Waals surface area contributed by atoms with Crippen LogP contribution in [0.4, 0.5) is 0 Å². The minimum atomic E-state index is -4.34. The van der Waals surface area contributed by atoms with E-state index < -0.39 is 28.0 Å². The van der Waals surface area contributed by atoms with Crippen molar-refractivity contribution in [3.63, 3.8) is 0 Å². The van der Waals surface area contributed by atoms with Gasteiger partial charge in [-0.2, -0.15) is 8.42 Å². The summed E-state index contributed by atoms with van der Waals surface area (Å²) < 4.78 is 32.4. The average molecular weight is 654 g/mol. The van der Waals surface area contributed by atoms with E-state index in [9.17, 15) is 22.9 Å². The molecule has 264 valence electrons. The Labute approximate surface area is 278 Å². The molecule has 0 aromatic rings. The molecule has 0 rings (SSSR count). The van der Waals surface area contributed by atoms with Crippen LogP contribution in [0.5, 0.6) is 0 Å². The predicted molar refractivity (Wildman–Crippen MR) is 193 cm³/mol. The van der Waals surface area contributed by atoms with Crippen LogP contribution in [0, 0.1) is 0 Å². The molecule has 0 aromatic heterocycles. The molecule has 0 aliphatic carbocycles. The van der Waals surface area contributed by atoms with Crippen LogP contribution in [0.25, 0.3) is 0 Å². The van der Waals surface area contributed by atoms with Crippen LogP contribution in [0.3, 0.4) is 0 Å². The van der Waals surface area contributed by atoms with Gasteiger partial charge in [0.05, 0.1) is 17.9 Å². The average Bonchev–Trinajstić information content (AvgIpc) is 3.00. The molecule has 7 heteroatoms. The lowest BCUT2D eigenvalue weighted by molar-refractivity contribution is -0.122. The van der Waals surface area contributed by atoms with E-state index in [1.807, 2.05) is 6.08 Å². The molecule has 2 atom stereocenters. The Morgan fingerprint density at radius 3 is 1.51 bits per heavy atom. The fourth-order valence-corrected chi connectivity index (χ4v) is 6.20. The summed E-state index contributed by atoms with van der Waals surface area (Å²) in [5.74, 6) is -0.997. The first-order valence-corrected chi connectivity index (χ1v) is 20.3. The van der Waals surface area contributed by atoms with E-state index in [4.69, 9.17) is 0 Å². The van der Waals surface area contributed by atoms with E-state index in [2.05, 4.69) is 43.5 Å². The molecule has 0 radical (unpaired) electrons. The molecule has 0 bridgehead atoms. The lowest BCUT2D eigenvalue weighted by Gasteiger charge is -2.21. The third-order valence-electron chi connectivity index (χ3n) is 8.31. The van der Waals surface area contributed by atoms with Gasteiger partial charge in [0, 0.05) is 6.42 Å². The topological polar surface area (TPSA) is 104 Å². The van der Waals surface area contributed by atoms with Crippen molar-refractivity contribution in [3.8, 4) is 0 Å². The second kappa shape index (κ2) is 32.5. The summed E-state index contributed by atoms with van der Waals surface area (Å²) in [6, 6.07) is -1.06. The number of nitrogens with one attached hydrogen (secondary N) is 1. The van der Waals surface area contributed by atoms with E-state index in [-0.39, 0.29) is 12.3 Å². The molecule has 0 aliphatic heterocycles. The van der Waals surface area contributed by atoms with E-state index in [0.717, 1.165) is 57.8 Å². The molecule has 0 heterocycles. The number of amides is 1. The summed E-state index contributed by atoms with van der Waals surface area (Å²) >= 11 is 0. The third kappa shape index (κ3) is 33.7. The van der Waals surface area contributed by atoms with E-state index in [0.29, 0.717) is 6.42 Å². The number of hydrogen-bond acceptors (Lipinski definition) is 4. The van der Waals surface area contributed by atoms with Crippen LogP contribution in [0.2, 0.25) is 0 Å². The van der Waals surface area contributed by atoms with Gasteiger partial charge in [-0.15, -0.1) is 0 Å². The number of rotatable bonds is 33. The van der Waals surface area contributed by atoms with E-state index >= 15 is 0 Å². The van der Waals surface area contributed by atoms with Crippen molar-refractivity contribution < 1.29 is 22.9 Å². The highest BCUT2D eigenvalue weighted by atomic mass is 32.2. The van der Waals surface area contributed by atoms with Crippen molar-refractivity contribution in [3.05, 3.63) is 36.5 Å². The molecule has 0 saturated heterocycles. The van der Waals surface area contributed by atoms with Gasteiger partial charge >= 0.3 is 0 Å². The Morgan fingerprint density at radius 1 is 0.600 bits per heavy atom. The minimum absolute atomic E-state index is 0.279. The third-order valence-corrected chi connectivity index (χ3v) is 9.09. The van der Waals surface area contributed by atoms with Crippen molar-refractivity contribution in [2.45, 2.75) is 193 Å². The first-order valence-electron chi connectivity index (χ1n) is 18.7. The van der Waals surface area contributed by atoms with Gasteiger partial charge in [0.15, 0.2) is 0 Å². The zero-order valence-electron chi connectivity index (χ0n) is 29.2. The van der Waals surface area contributed by atoms with Crippen molar-refractivity contribution in [2.24, 2.45) is 0 Å². The summed E-state index contributed by atoms with van der Waals surface area (Å²) in [7, 11) is -4.34. The molecule has 0 spiro atoms. The van der Waals surface area contributed by atoms with Crippen molar-refractivity contribution in [1.82, 2.24) is 5.32 Å². The zero-order chi connectivity index (χ0) is 33.3. The Bertz CT molecular complexity index is 852. The van der Waals surface area contributed by atoms with Crippen molar-refractivity contribution in [2.75, 3.05) is 5.75 Å². The molecular formula is C38H71NO5S. The van der Waals surface area contributed by atoms with Crippen LogP contribution < -0.4 is 5.32 Å². The summed E-state index contributed by atoms with van der Waals surface area (Å²) in [6.07, 6.45) is 41.2. The zero-order valence-corrected chi connectivity index (χ0v) is 30.1. The number of carbonyl (C=O) groups is 1. The number of aliphatic hydroxyl groups is 1. The summed E-state index contributed by atoms with van der Waals surface area (Å²) in [6.45, 7) is 4.47. The van der Waals surface area contributed by atoms with Crippen molar-refractivity contribution in [1.29, 1.82) is 0 Å². The highest BCUT2D eigenvalue weighted by Gasteiger charge is 2.24. The van der Waals surface area contributed by atoms with Crippen LogP contribution in [-0.4, -0.2) is 41.9 Å². The maximum absolute atomic E-state index is 12.4. The Kier molecular flexibility index (Phi) is 31.5. The van der Waals surface area contributed by atoms with Gasteiger partial charge in [-0.25, -0.2) is 0 Å². The second-order valence-corrected chi connectivity index (χ2v) is 14.4. The summed E-state index contributed by atoms with van der Waals surface area (Å²) in [5.41, 5.74) is 0. The van der Waals surface area contributed by atoms with Gasteiger partial charge in [-0.3, -0.25) is 9.35 Å². The number of unbranched alkanes of at least 4 members (excludes halogenated alkanes) is 21. The van der Waals surface area contributed by atoms with Crippen molar-refractivity contribution >= 4 is 16.0 Å². The quantitative estimate of drug-likeness (QED) is 0.0371. The highest BCUT2D eigenvalue weighted by molar-refractivity contribution is 7.85. The minimum Gasteiger partial charge on any atom is -0.387 e. The van der Waals surface area contributed by atoms with Crippen LogP contribution in [0.15, 0.2) is 36.5 Å². The molecule has 3 N–H and O–H groups in total. The molecule has 0 fully saturated rings. The van der Waals surface area contributed by atoms with Crippen LogP contribution in [0.1, 0.15) is 181 Å². The first-order chi connectivity index (χ1) is 21.8. The lowest BCUT2D eigenvalue weighted by Crippen LogP contribution is -2.46. The smallest absolute Gasteiger partial charge is 0.267 e. The first kappa shape index (κ1) is 43.6. The molecule has 6 nitrogen and oxygen atoms in total. The molecular weight excluding hydrogens is 582 g/mol. The SMILES string of the molecule is CCCC/C=C\C/C=C\CCCCCCCC(=O)NC(CS(=O)(=O)O)C(O)/C=C/CCCCCCCCCCCCCCCC. The van der Waals surface area contributed by atoms with E-state index in [1.54, 1.807) is 6.08 Å². The number of aliphatic hydroxyl groups excluding tert-OH is 1. The molecule has 0 saturated carbocycles. The lowest BCUT2D eigenvalue weighted by atomic mass is 10.0. The maximum Gasteiger partial charge on any atom is 0.267 e. The Hall–Kier alpha value is -1.44. The highest BCUT2D eigenvalue weighted by Crippen LogP contribution is 2.14. The van der Waals surface area contributed by atoms with Gasteiger partial charge < -0.3 is 10.4 Å².